The van der Waals surface area contributed by atoms with Gasteiger partial charge in [0, 0.05) is 13.1 Å². The summed E-state index contributed by atoms with van der Waals surface area (Å²) < 4.78 is 34.2. The lowest BCUT2D eigenvalue weighted by atomic mass is 10.1. The van der Waals surface area contributed by atoms with Crippen LogP contribution in [0.1, 0.15) is 37.5 Å². The quantitative estimate of drug-likeness (QED) is 0.344. The molecule has 1 atom stereocenters. The highest BCUT2D eigenvalue weighted by Crippen LogP contribution is 2.28. The number of hydrogen-bond acceptors (Lipinski definition) is 5. The van der Waals surface area contributed by atoms with Crippen LogP contribution in [0.4, 0.5) is 5.69 Å². The fourth-order valence-corrected chi connectivity index (χ4v) is 5.78. The van der Waals surface area contributed by atoms with E-state index in [1.54, 1.807) is 50.4 Å². The molecule has 1 unspecified atom stereocenters. The zero-order chi connectivity index (χ0) is 29.4. The molecule has 214 valence electrons. The maximum absolute atomic E-state index is 14.0. The molecule has 3 rings (SSSR count). The highest BCUT2D eigenvalue weighted by Gasteiger charge is 2.33. The van der Waals surface area contributed by atoms with E-state index in [4.69, 9.17) is 4.74 Å². The molecule has 1 N–H and O–H groups in total. The third-order valence-electron chi connectivity index (χ3n) is 6.59. The molecule has 0 radical (unpaired) electrons. The standard InChI is InChI=1S/C31H39N3O5S/c1-22(2)19-32-31(36)25(5)33(20-26-13-15-27(39-6)16-14-26)30(35)21-34(29-17-12-23(3)18-24(29)4)40(37,38)28-10-8-7-9-11-28/h7-18,22,25H,19-21H2,1-6H3,(H,32,36). The topological polar surface area (TPSA) is 96.0 Å². The van der Waals surface area contributed by atoms with Gasteiger partial charge < -0.3 is 15.0 Å². The normalized spacial score (nSPS) is 12.1. The molecule has 0 spiro atoms. The van der Waals surface area contributed by atoms with Gasteiger partial charge in [-0.05, 0) is 68.1 Å². The Morgan fingerprint density at radius 1 is 0.925 bits per heavy atom. The molecule has 0 saturated carbocycles. The zero-order valence-corrected chi connectivity index (χ0v) is 24.9. The summed E-state index contributed by atoms with van der Waals surface area (Å²) in [5.41, 5.74) is 2.88. The van der Waals surface area contributed by atoms with Crippen molar-refractivity contribution in [3.63, 3.8) is 0 Å². The summed E-state index contributed by atoms with van der Waals surface area (Å²) >= 11 is 0. The Balaban J connectivity index is 2.02. The summed E-state index contributed by atoms with van der Waals surface area (Å²) in [6.07, 6.45) is 0. The van der Waals surface area contributed by atoms with Crippen molar-refractivity contribution in [1.82, 2.24) is 10.2 Å². The Labute approximate surface area is 238 Å². The molecule has 0 saturated heterocycles. The van der Waals surface area contributed by atoms with E-state index in [-0.39, 0.29) is 23.3 Å². The van der Waals surface area contributed by atoms with E-state index in [2.05, 4.69) is 5.32 Å². The number of aryl methyl sites for hydroxylation is 2. The van der Waals surface area contributed by atoms with Gasteiger partial charge in [0.1, 0.15) is 18.3 Å². The lowest BCUT2D eigenvalue weighted by Gasteiger charge is -2.32. The van der Waals surface area contributed by atoms with E-state index < -0.39 is 28.5 Å². The maximum Gasteiger partial charge on any atom is 0.264 e. The van der Waals surface area contributed by atoms with Gasteiger partial charge in [-0.1, -0.05) is 61.9 Å². The number of sulfonamides is 1. The Hall–Kier alpha value is -3.85. The second kappa shape index (κ2) is 13.5. The molecular weight excluding hydrogens is 526 g/mol. The molecule has 0 heterocycles. The molecule has 0 aliphatic heterocycles. The number of benzene rings is 3. The van der Waals surface area contributed by atoms with E-state index >= 15 is 0 Å². The molecule has 2 amide bonds. The molecule has 0 bridgehead atoms. The first-order valence-corrected chi connectivity index (χ1v) is 14.7. The molecule has 3 aromatic carbocycles. The number of ether oxygens (including phenoxy) is 1. The van der Waals surface area contributed by atoms with Crippen LogP contribution in [0.25, 0.3) is 0 Å². The molecule has 0 aromatic heterocycles. The van der Waals surface area contributed by atoms with Gasteiger partial charge in [-0.2, -0.15) is 0 Å². The van der Waals surface area contributed by atoms with Crippen molar-refractivity contribution in [2.75, 3.05) is 24.5 Å². The van der Waals surface area contributed by atoms with Gasteiger partial charge in [-0.3, -0.25) is 13.9 Å². The van der Waals surface area contributed by atoms with E-state index in [0.29, 0.717) is 18.0 Å². The average Bonchev–Trinajstić information content (AvgIpc) is 2.94. The molecule has 8 nitrogen and oxygen atoms in total. The number of amides is 2. The van der Waals surface area contributed by atoms with Crippen LogP contribution in [0.3, 0.4) is 0 Å². The van der Waals surface area contributed by atoms with Gasteiger partial charge in [0.2, 0.25) is 11.8 Å². The summed E-state index contributed by atoms with van der Waals surface area (Å²) in [6.45, 7) is 9.48. The summed E-state index contributed by atoms with van der Waals surface area (Å²) in [4.78, 5) is 28.6. The zero-order valence-electron chi connectivity index (χ0n) is 24.0. The van der Waals surface area contributed by atoms with Crippen molar-refractivity contribution in [3.8, 4) is 5.75 Å². The molecule has 0 aliphatic carbocycles. The largest absolute Gasteiger partial charge is 0.497 e. The van der Waals surface area contributed by atoms with E-state index in [9.17, 15) is 18.0 Å². The van der Waals surface area contributed by atoms with Crippen LogP contribution in [-0.2, 0) is 26.2 Å². The summed E-state index contributed by atoms with van der Waals surface area (Å²) in [6, 6.07) is 19.8. The van der Waals surface area contributed by atoms with Crippen molar-refractivity contribution in [2.45, 2.75) is 52.1 Å². The van der Waals surface area contributed by atoms with Crippen molar-refractivity contribution in [2.24, 2.45) is 5.92 Å². The molecular formula is C31H39N3O5S. The van der Waals surface area contributed by atoms with E-state index in [0.717, 1.165) is 21.0 Å². The molecule has 9 heteroatoms. The lowest BCUT2D eigenvalue weighted by Crippen LogP contribution is -2.51. The van der Waals surface area contributed by atoms with E-state index in [1.165, 1.54) is 17.0 Å². The monoisotopic (exact) mass is 565 g/mol. The molecule has 0 fully saturated rings. The van der Waals surface area contributed by atoms with Gasteiger partial charge in [0.15, 0.2) is 0 Å². The first kappa shape index (κ1) is 30.7. The van der Waals surface area contributed by atoms with Crippen molar-refractivity contribution >= 4 is 27.5 Å². The third kappa shape index (κ3) is 7.63. The smallest absolute Gasteiger partial charge is 0.264 e. The van der Waals surface area contributed by atoms with Crippen LogP contribution < -0.4 is 14.4 Å². The van der Waals surface area contributed by atoms with Gasteiger partial charge >= 0.3 is 0 Å². The molecule has 0 aliphatic rings. The Morgan fingerprint density at radius 2 is 1.57 bits per heavy atom. The van der Waals surface area contributed by atoms with Crippen molar-refractivity contribution in [3.05, 3.63) is 89.5 Å². The van der Waals surface area contributed by atoms with Gasteiger partial charge in [0.05, 0.1) is 17.7 Å². The Morgan fingerprint density at radius 3 is 2.15 bits per heavy atom. The first-order valence-electron chi connectivity index (χ1n) is 13.3. The van der Waals surface area contributed by atoms with Gasteiger partial charge in [0.25, 0.3) is 10.0 Å². The number of nitrogens with zero attached hydrogens (tertiary/aromatic N) is 2. The second-order valence-corrected chi connectivity index (χ2v) is 12.2. The highest BCUT2D eigenvalue weighted by molar-refractivity contribution is 7.92. The number of carbonyl (C=O) groups is 2. The summed E-state index contributed by atoms with van der Waals surface area (Å²) in [7, 11) is -2.53. The third-order valence-corrected chi connectivity index (χ3v) is 8.37. The number of rotatable bonds is 12. The SMILES string of the molecule is COc1ccc(CN(C(=O)CN(c2ccc(C)cc2C)S(=O)(=O)c2ccccc2)C(C)C(=O)NCC(C)C)cc1. The lowest BCUT2D eigenvalue weighted by molar-refractivity contribution is -0.139. The Kier molecular flexibility index (Phi) is 10.3. The highest BCUT2D eigenvalue weighted by atomic mass is 32.2. The summed E-state index contributed by atoms with van der Waals surface area (Å²) in [5, 5.41) is 2.89. The van der Waals surface area contributed by atoms with E-state index in [1.807, 2.05) is 52.0 Å². The van der Waals surface area contributed by atoms with Crippen LogP contribution in [0.15, 0.2) is 77.7 Å². The maximum atomic E-state index is 14.0. The fraction of sp³-hybridized carbons (Fsp3) is 0.355. The predicted octanol–water partition coefficient (Wildman–Crippen LogP) is 4.70. The average molecular weight is 566 g/mol. The number of methoxy groups -OCH3 is 1. The molecule has 3 aromatic rings. The van der Waals surface area contributed by atoms with Crippen molar-refractivity contribution in [1.29, 1.82) is 0 Å². The summed E-state index contributed by atoms with van der Waals surface area (Å²) in [5.74, 6) is 0.0966. The second-order valence-electron chi connectivity index (χ2n) is 10.3. The predicted molar refractivity (Wildman–Crippen MR) is 158 cm³/mol. The number of hydrogen-bond donors (Lipinski definition) is 1. The number of anilines is 1. The van der Waals surface area contributed by atoms with Crippen LogP contribution in [-0.4, -0.2) is 51.4 Å². The first-order chi connectivity index (χ1) is 18.9. The minimum Gasteiger partial charge on any atom is -0.497 e. The van der Waals surface area contributed by atoms with Gasteiger partial charge in [-0.15, -0.1) is 0 Å². The van der Waals surface area contributed by atoms with Gasteiger partial charge in [-0.25, -0.2) is 8.42 Å². The minimum absolute atomic E-state index is 0.0761. The van der Waals surface area contributed by atoms with Crippen LogP contribution in [0.5, 0.6) is 5.75 Å². The Bertz CT molecular complexity index is 1410. The number of nitrogens with one attached hydrogen (secondary N) is 1. The van der Waals surface area contributed by atoms with Crippen LogP contribution in [0.2, 0.25) is 0 Å². The minimum atomic E-state index is -4.10. The van der Waals surface area contributed by atoms with Crippen LogP contribution in [0, 0.1) is 19.8 Å². The molecule has 40 heavy (non-hydrogen) atoms. The van der Waals surface area contributed by atoms with Crippen molar-refractivity contribution < 1.29 is 22.7 Å². The fourth-order valence-electron chi connectivity index (χ4n) is 4.28. The number of carbonyl (C=O) groups excluding carboxylic acids is 2. The van der Waals surface area contributed by atoms with Crippen LogP contribution >= 0.6 is 0 Å².